The summed E-state index contributed by atoms with van der Waals surface area (Å²) in [4.78, 5) is 17.4. The van der Waals surface area contributed by atoms with Crippen LogP contribution in [0.4, 0.5) is 5.95 Å². The Hall–Kier alpha value is -3.81. The van der Waals surface area contributed by atoms with Crippen molar-refractivity contribution < 1.29 is 19.4 Å². The predicted molar refractivity (Wildman–Crippen MR) is 111 cm³/mol. The molecule has 0 spiro atoms. The summed E-state index contributed by atoms with van der Waals surface area (Å²) in [6.07, 6.45) is 1.43. The molecule has 4 rings (SSSR count). The average molecular weight is 406 g/mol. The van der Waals surface area contributed by atoms with Crippen LogP contribution in [0, 0.1) is 0 Å². The Morgan fingerprint density at radius 1 is 1.17 bits per heavy atom. The van der Waals surface area contributed by atoms with Crippen molar-refractivity contribution in [2.24, 2.45) is 0 Å². The van der Waals surface area contributed by atoms with Crippen molar-refractivity contribution in [1.29, 1.82) is 0 Å². The van der Waals surface area contributed by atoms with Crippen molar-refractivity contribution in [2.75, 3.05) is 18.5 Å². The van der Waals surface area contributed by atoms with Gasteiger partial charge in [-0.1, -0.05) is 36.4 Å². The van der Waals surface area contributed by atoms with Crippen molar-refractivity contribution in [3.05, 3.63) is 71.6 Å². The molecule has 0 bridgehead atoms. The Bertz CT molecular complexity index is 1090. The van der Waals surface area contributed by atoms with Crippen LogP contribution in [0.3, 0.4) is 0 Å². The van der Waals surface area contributed by atoms with Crippen molar-refractivity contribution >= 4 is 17.6 Å². The van der Waals surface area contributed by atoms with E-state index >= 15 is 0 Å². The molecule has 2 N–H and O–H groups in total. The van der Waals surface area contributed by atoms with Crippen molar-refractivity contribution in [1.82, 2.24) is 14.8 Å². The van der Waals surface area contributed by atoms with Gasteiger partial charge < -0.3 is 19.9 Å². The molecule has 154 valence electrons. The van der Waals surface area contributed by atoms with Gasteiger partial charge in [-0.2, -0.15) is 10.1 Å². The number of hydrogen-bond donors (Lipinski definition) is 2. The van der Waals surface area contributed by atoms with Crippen molar-refractivity contribution in [2.45, 2.75) is 19.9 Å². The number of hydrogen-bond acceptors (Lipinski definition) is 7. The molecule has 0 saturated heterocycles. The molecule has 0 amide bonds. The molecule has 2 aromatic carbocycles. The normalized spacial score (nSPS) is 15.3. The summed E-state index contributed by atoms with van der Waals surface area (Å²) in [5.74, 6) is 0.400. The van der Waals surface area contributed by atoms with Crippen LogP contribution in [-0.4, -0.2) is 39.1 Å². The summed E-state index contributed by atoms with van der Waals surface area (Å²) in [6, 6.07) is 13.9. The van der Waals surface area contributed by atoms with E-state index in [2.05, 4.69) is 15.4 Å². The fourth-order valence-corrected chi connectivity index (χ4v) is 3.50. The lowest BCUT2D eigenvalue weighted by molar-refractivity contribution is -0.138. The van der Waals surface area contributed by atoms with Gasteiger partial charge in [0.1, 0.15) is 12.4 Å². The van der Waals surface area contributed by atoms with E-state index in [4.69, 9.17) is 9.47 Å². The van der Waals surface area contributed by atoms with Crippen LogP contribution in [0.1, 0.15) is 31.0 Å². The molecule has 2 heterocycles. The Balaban J connectivity index is 1.95. The molecule has 1 aliphatic rings. The van der Waals surface area contributed by atoms with Crippen LogP contribution < -0.4 is 10.1 Å². The highest BCUT2D eigenvalue weighted by molar-refractivity contribution is 6.02. The van der Waals surface area contributed by atoms with Crippen LogP contribution in [0.25, 0.3) is 5.70 Å². The highest BCUT2D eigenvalue weighted by Crippen LogP contribution is 2.41. The Labute approximate surface area is 173 Å². The third-order valence-electron chi connectivity index (χ3n) is 4.75. The number of aromatic hydroxyl groups is 1. The molecule has 8 nitrogen and oxygen atoms in total. The maximum Gasteiger partial charge on any atom is 0.338 e. The van der Waals surface area contributed by atoms with Crippen LogP contribution >= 0.6 is 0 Å². The van der Waals surface area contributed by atoms with Gasteiger partial charge in [0.2, 0.25) is 5.95 Å². The summed E-state index contributed by atoms with van der Waals surface area (Å²) in [5, 5.41) is 17.7. The first-order valence-corrected chi connectivity index (χ1v) is 9.73. The van der Waals surface area contributed by atoms with E-state index in [1.165, 1.54) is 6.33 Å². The zero-order valence-electron chi connectivity index (χ0n) is 16.7. The maximum absolute atomic E-state index is 13.1. The summed E-state index contributed by atoms with van der Waals surface area (Å²) in [5.41, 5.74) is 2.53. The predicted octanol–water partition coefficient (Wildman–Crippen LogP) is 3.37. The zero-order chi connectivity index (χ0) is 21.1. The van der Waals surface area contributed by atoms with Gasteiger partial charge in [0, 0.05) is 0 Å². The SMILES string of the molecule is CCOC(=O)C1=C(c2ccccc2)Nc2ncnn2[C@@H]1c1ccc(O)c(OCC)c1. The Kier molecular flexibility index (Phi) is 5.38. The van der Waals surface area contributed by atoms with Gasteiger partial charge in [-0.05, 0) is 37.1 Å². The number of esters is 1. The average Bonchev–Trinajstić information content (AvgIpc) is 3.23. The molecular weight excluding hydrogens is 384 g/mol. The van der Waals surface area contributed by atoms with Gasteiger partial charge in [-0.15, -0.1) is 0 Å². The molecule has 0 radical (unpaired) electrons. The van der Waals surface area contributed by atoms with Crippen molar-refractivity contribution in [3.63, 3.8) is 0 Å². The fraction of sp³-hybridized carbons (Fsp3) is 0.227. The second kappa shape index (κ2) is 8.28. The van der Waals surface area contributed by atoms with E-state index in [0.29, 0.717) is 35.1 Å². The van der Waals surface area contributed by atoms with Crippen LogP contribution in [0.15, 0.2) is 60.4 Å². The largest absolute Gasteiger partial charge is 0.504 e. The van der Waals surface area contributed by atoms with E-state index in [-0.39, 0.29) is 12.4 Å². The first kappa shape index (κ1) is 19.5. The van der Waals surface area contributed by atoms with Crippen LogP contribution in [-0.2, 0) is 9.53 Å². The second-order valence-electron chi connectivity index (χ2n) is 6.59. The number of carbonyl (C=O) groups excluding carboxylic acids is 1. The van der Waals surface area contributed by atoms with E-state index in [1.54, 1.807) is 29.8 Å². The molecule has 0 unspecified atom stereocenters. The first-order chi connectivity index (χ1) is 14.6. The molecule has 3 aromatic rings. The highest BCUT2D eigenvalue weighted by Gasteiger charge is 2.36. The molecule has 8 heteroatoms. The number of phenols is 1. The molecule has 1 atom stereocenters. The quantitative estimate of drug-likeness (QED) is 0.606. The van der Waals surface area contributed by atoms with E-state index < -0.39 is 12.0 Å². The molecule has 0 fully saturated rings. The van der Waals surface area contributed by atoms with Gasteiger partial charge in [-0.25, -0.2) is 9.48 Å². The highest BCUT2D eigenvalue weighted by atomic mass is 16.5. The topological polar surface area (TPSA) is 98.5 Å². The fourth-order valence-electron chi connectivity index (χ4n) is 3.50. The van der Waals surface area contributed by atoms with Crippen molar-refractivity contribution in [3.8, 4) is 11.5 Å². The standard InChI is InChI=1S/C22H22N4O4/c1-3-29-17-12-15(10-11-16(17)27)20-18(21(28)30-4-2)19(14-8-6-5-7-9-14)25-22-23-13-24-26(20)22/h5-13,20,27H,3-4H2,1-2H3,(H,23,24,25)/t20-/m1/s1. The Morgan fingerprint density at radius 3 is 2.70 bits per heavy atom. The van der Waals surface area contributed by atoms with Gasteiger partial charge in [0.15, 0.2) is 11.5 Å². The number of rotatable bonds is 6. The molecule has 0 aliphatic carbocycles. The molecule has 1 aliphatic heterocycles. The third-order valence-corrected chi connectivity index (χ3v) is 4.75. The number of nitrogens with zero attached hydrogens (tertiary/aromatic N) is 3. The van der Waals surface area contributed by atoms with E-state index in [1.807, 2.05) is 37.3 Å². The minimum atomic E-state index is -0.613. The van der Waals surface area contributed by atoms with E-state index in [0.717, 1.165) is 5.56 Å². The minimum Gasteiger partial charge on any atom is -0.504 e. The number of phenolic OH excluding ortho intramolecular Hbond substituents is 1. The lowest BCUT2D eigenvalue weighted by Crippen LogP contribution is -2.30. The summed E-state index contributed by atoms with van der Waals surface area (Å²) < 4.78 is 12.6. The number of anilines is 1. The molecule has 1 aromatic heterocycles. The van der Waals surface area contributed by atoms with Gasteiger partial charge in [-0.3, -0.25) is 0 Å². The number of aromatic nitrogens is 3. The number of ether oxygens (including phenoxy) is 2. The maximum atomic E-state index is 13.1. The smallest absolute Gasteiger partial charge is 0.338 e. The lowest BCUT2D eigenvalue weighted by atomic mass is 9.92. The van der Waals surface area contributed by atoms with Crippen LogP contribution in [0.5, 0.6) is 11.5 Å². The monoisotopic (exact) mass is 406 g/mol. The number of carbonyl (C=O) groups is 1. The lowest BCUT2D eigenvalue weighted by Gasteiger charge is -2.29. The molecule has 30 heavy (non-hydrogen) atoms. The van der Waals surface area contributed by atoms with Gasteiger partial charge in [0.05, 0.1) is 24.5 Å². The van der Waals surface area contributed by atoms with Crippen LogP contribution in [0.2, 0.25) is 0 Å². The van der Waals surface area contributed by atoms with E-state index in [9.17, 15) is 9.90 Å². The number of nitrogens with one attached hydrogen (secondary N) is 1. The minimum absolute atomic E-state index is 0.0262. The molecule has 0 saturated carbocycles. The van der Waals surface area contributed by atoms with Gasteiger partial charge >= 0.3 is 5.97 Å². The summed E-state index contributed by atoms with van der Waals surface area (Å²) in [6.45, 7) is 4.24. The number of fused-ring (bicyclic) bond motifs is 1. The summed E-state index contributed by atoms with van der Waals surface area (Å²) in [7, 11) is 0. The number of benzene rings is 2. The second-order valence-corrected chi connectivity index (χ2v) is 6.59. The zero-order valence-corrected chi connectivity index (χ0v) is 16.7. The summed E-state index contributed by atoms with van der Waals surface area (Å²) >= 11 is 0. The Morgan fingerprint density at radius 2 is 1.97 bits per heavy atom. The first-order valence-electron chi connectivity index (χ1n) is 9.73. The van der Waals surface area contributed by atoms with Gasteiger partial charge in [0.25, 0.3) is 0 Å². The molecular formula is C22H22N4O4. The third kappa shape index (κ3) is 3.47.